The van der Waals surface area contributed by atoms with E-state index in [9.17, 15) is 0 Å². The lowest BCUT2D eigenvalue weighted by Crippen LogP contribution is -2.18. The Kier molecular flexibility index (Phi) is 4.02. The smallest absolute Gasteiger partial charge is 0.0832 e. The Morgan fingerprint density at radius 1 is 1.00 bits per heavy atom. The summed E-state index contributed by atoms with van der Waals surface area (Å²) in [6, 6.07) is 23.4. The van der Waals surface area contributed by atoms with Crippen molar-refractivity contribution in [3.8, 4) is 0 Å². The molecule has 1 aliphatic heterocycles. The van der Waals surface area contributed by atoms with Crippen LogP contribution in [0, 0.1) is 0 Å². The summed E-state index contributed by atoms with van der Waals surface area (Å²) in [4.78, 5) is 1.25. The van der Waals surface area contributed by atoms with Crippen molar-refractivity contribution < 1.29 is 0 Å². The Bertz CT molecular complexity index is 828. The number of nitrogens with zero attached hydrogens (tertiary/aromatic N) is 2. The minimum absolute atomic E-state index is 0.239. The second-order valence-electron chi connectivity index (χ2n) is 5.48. The van der Waals surface area contributed by atoms with Crippen molar-refractivity contribution in [1.29, 1.82) is 0 Å². The first kappa shape index (κ1) is 14.7. The fraction of sp³-hybridized carbons (Fsp3) is 0.105. The summed E-state index contributed by atoms with van der Waals surface area (Å²) in [6.07, 6.45) is 0.928. The largest absolute Gasteiger partial charge is 0.257 e. The minimum Gasteiger partial charge on any atom is -0.257 e. The van der Waals surface area contributed by atoms with Crippen molar-refractivity contribution in [2.75, 3.05) is 5.01 Å². The molecular weight excluding hydrogens is 368 g/mol. The molecule has 2 heterocycles. The molecule has 23 heavy (non-hydrogen) atoms. The monoisotopic (exact) mass is 382 g/mol. The fourth-order valence-corrected chi connectivity index (χ4v) is 4.00. The van der Waals surface area contributed by atoms with Gasteiger partial charge in [-0.05, 0) is 35.2 Å². The Balaban J connectivity index is 1.77. The van der Waals surface area contributed by atoms with Crippen LogP contribution >= 0.6 is 27.3 Å². The van der Waals surface area contributed by atoms with Crippen molar-refractivity contribution in [2.45, 2.75) is 12.5 Å². The van der Waals surface area contributed by atoms with Crippen LogP contribution in [-0.2, 0) is 0 Å². The van der Waals surface area contributed by atoms with Gasteiger partial charge in [-0.15, -0.1) is 11.3 Å². The zero-order valence-corrected chi connectivity index (χ0v) is 14.8. The second kappa shape index (κ2) is 6.30. The Morgan fingerprint density at radius 2 is 1.87 bits per heavy atom. The standard InChI is InChI=1S/C19H15BrN2S/c20-15-8-4-9-16(12-15)22-18(14-6-2-1-3-7-14)13-17(21-22)19-10-5-11-23-19/h1-12,18H,13H2. The van der Waals surface area contributed by atoms with Crippen molar-refractivity contribution >= 4 is 38.7 Å². The van der Waals surface area contributed by atoms with Gasteiger partial charge in [0.25, 0.3) is 0 Å². The normalized spacial score (nSPS) is 17.3. The molecular formula is C19H15BrN2S. The van der Waals surface area contributed by atoms with Crippen molar-refractivity contribution in [3.05, 3.63) is 87.0 Å². The Morgan fingerprint density at radius 3 is 2.61 bits per heavy atom. The highest BCUT2D eigenvalue weighted by molar-refractivity contribution is 9.10. The maximum absolute atomic E-state index is 4.94. The summed E-state index contributed by atoms with van der Waals surface area (Å²) in [5.74, 6) is 0. The Hall–Kier alpha value is -1.91. The van der Waals surface area contributed by atoms with Gasteiger partial charge in [-0.3, -0.25) is 5.01 Å². The molecule has 1 atom stereocenters. The molecule has 0 amide bonds. The molecule has 114 valence electrons. The maximum Gasteiger partial charge on any atom is 0.0832 e. The number of benzene rings is 2. The van der Waals surface area contributed by atoms with Crippen LogP contribution in [0.1, 0.15) is 22.9 Å². The van der Waals surface area contributed by atoms with Crippen LogP contribution in [0.4, 0.5) is 5.69 Å². The van der Waals surface area contributed by atoms with Crippen LogP contribution in [0.15, 0.2) is 81.7 Å². The minimum atomic E-state index is 0.239. The van der Waals surface area contributed by atoms with Gasteiger partial charge < -0.3 is 0 Å². The Labute approximate surface area is 148 Å². The number of rotatable bonds is 3. The van der Waals surface area contributed by atoms with E-state index in [0.717, 1.165) is 22.3 Å². The molecule has 1 unspecified atom stereocenters. The molecule has 1 aromatic heterocycles. The highest BCUT2D eigenvalue weighted by Gasteiger charge is 2.30. The topological polar surface area (TPSA) is 15.6 Å². The summed E-state index contributed by atoms with van der Waals surface area (Å²) in [5, 5.41) is 9.20. The van der Waals surface area contributed by atoms with Gasteiger partial charge in [0.1, 0.15) is 0 Å². The molecule has 4 rings (SSSR count). The highest BCUT2D eigenvalue weighted by atomic mass is 79.9. The molecule has 2 aromatic carbocycles. The van der Waals surface area contributed by atoms with E-state index in [1.807, 2.05) is 6.07 Å². The molecule has 0 fully saturated rings. The van der Waals surface area contributed by atoms with Crippen molar-refractivity contribution in [1.82, 2.24) is 0 Å². The highest BCUT2D eigenvalue weighted by Crippen LogP contribution is 2.37. The number of halogens is 1. The van der Waals surface area contributed by atoms with E-state index in [2.05, 4.69) is 87.0 Å². The van der Waals surface area contributed by atoms with Gasteiger partial charge in [-0.1, -0.05) is 58.4 Å². The molecule has 0 N–H and O–H groups in total. The van der Waals surface area contributed by atoms with Gasteiger partial charge in [0.05, 0.1) is 22.3 Å². The fourth-order valence-electron chi connectivity index (χ4n) is 2.89. The first-order valence-electron chi connectivity index (χ1n) is 7.52. The van der Waals surface area contributed by atoms with E-state index < -0.39 is 0 Å². The van der Waals surface area contributed by atoms with Crippen molar-refractivity contribution in [3.63, 3.8) is 0 Å². The predicted molar refractivity (Wildman–Crippen MR) is 101 cm³/mol. The summed E-state index contributed by atoms with van der Waals surface area (Å²) in [6.45, 7) is 0. The number of hydrogen-bond donors (Lipinski definition) is 0. The van der Waals surface area contributed by atoms with E-state index >= 15 is 0 Å². The number of hydrogen-bond acceptors (Lipinski definition) is 3. The number of thiophene rings is 1. The lowest BCUT2D eigenvalue weighted by Gasteiger charge is -2.24. The first-order chi connectivity index (χ1) is 11.3. The average Bonchev–Trinajstić information content (AvgIpc) is 3.25. The zero-order chi connectivity index (χ0) is 15.6. The summed E-state index contributed by atoms with van der Waals surface area (Å²) < 4.78 is 1.07. The maximum atomic E-state index is 4.94. The van der Waals surface area contributed by atoms with Gasteiger partial charge in [0.2, 0.25) is 0 Å². The quantitative estimate of drug-likeness (QED) is 0.553. The third-order valence-electron chi connectivity index (χ3n) is 3.97. The molecule has 0 saturated heterocycles. The molecule has 0 radical (unpaired) electrons. The molecule has 2 nitrogen and oxygen atoms in total. The summed E-state index contributed by atoms with van der Waals surface area (Å²) >= 11 is 5.32. The van der Waals surface area contributed by atoms with Crippen LogP contribution in [0.5, 0.6) is 0 Å². The molecule has 0 aliphatic carbocycles. The third-order valence-corrected chi connectivity index (χ3v) is 5.39. The van der Waals surface area contributed by atoms with Gasteiger partial charge in [-0.25, -0.2) is 0 Å². The molecule has 0 spiro atoms. The van der Waals surface area contributed by atoms with Crippen LogP contribution in [-0.4, -0.2) is 5.71 Å². The van der Waals surface area contributed by atoms with E-state index in [4.69, 9.17) is 5.10 Å². The van der Waals surface area contributed by atoms with Crippen LogP contribution in [0.25, 0.3) is 0 Å². The van der Waals surface area contributed by atoms with Gasteiger partial charge in [0, 0.05) is 10.9 Å². The predicted octanol–water partition coefficient (Wildman–Crippen LogP) is 5.87. The average molecular weight is 383 g/mol. The molecule has 4 heteroatoms. The van der Waals surface area contributed by atoms with E-state index in [1.54, 1.807) is 11.3 Å². The van der Waals surface area contributed by atoms with Crippen LogP contribution in [0.2, 0.25) is 0 Å². The number of hydrazone groups is 1. The molecule has 3 aromatic rings. The lowest BCUT2D eigenvalue weighted by atomic mass is 10.0. The lowest BCUT2D eigenvalue weighted by molar-refractivity contribution is 0.709. The van der Waals surface area contributed by atoms with Crippen LogP contribution in [0.3, 0.4) is 0 Å². The van der Waals surface area contributed by atoms with Gasteiger partial charge in [-0.2, -0.15) is 5.10 Å². The zero-order valence-electron chi connectivity index (χ0n) is 12.4. The van der Waals surface area contributed by atoms with E-state index in [0.29, 0.717) is 0 Å². The molecule has 0 saturated carbocycles. The summed E-state index contributed by atoms with van der Waals surface area (Å²) in [5.41, 5.74) is 3.57. The second-order valence-corrected chi connectivity index (χ2v) is 7.34. The molecule has 1 aliphatic rings. The van der Waals surface area contributed by atoms with Gasteiger partial charge >= 0.3 is 0 Å². The van der Waals surface area contributed by atoms with Crippen LogP contribution < -0.4 is 5.01 Å². The van der Waals surface area contributed by atoms with Gasteiger partial charge in [0.15, 0.2) is 0 Å². The van der Waals surface area contributed by atoms with Crippen molar-refractivity contribution in [2.24, 2.45) is 5.10 Å². The number of anilines is 1. The van der Waals surface area contributed by atoms with E-state index in [-0.39, 0.29) is 6.04 Å². The third kappa shape index (κ3) is 2.96. The summed E-state index contributed by atoms with van der Waals surface area (Å²) in [7, 11) is 0. The SMILES string of the molecule is Brc1cccc(N2N=C(c3cccs3)CC2c2ccccc2)c1. The first-order valence-corrected chi connectivity index (χ1v) is 9.19. The molecule has 0 bridgehead atoms. The van der Waals surface area contributed by atoms with E-state index in [1.165, 1.54) is 10.4 Å².